The zero-order valence-corrected chi connectivity index (χ0v) is 16.4. The summed E-state index contributed by atoms with van der Waals surface area (Å²) in [6.45, 7) is 2.17. The summed E-state index contributed by atoms with van der Waals surface area (Å²) in [5, 5.41) is 0. The third kappa shape index (κ3) is 16.6. The normalized spacial score (nSPS) is 11.0. The van der Waals surface area contributed by atoms with E-state index in [1.807, 2.05) is 0 Å². The number of rotatable bonds is 13. The Balaban J connectivity index is 0. The van der Waals surface area contributed by atoms with Gasteiger partial charge in [-0.1, -0.05) is 58.3 Å². The van der Waals surface area contributed by atoms with Gasteiger partial charge in [0.1, 0.15) is 0 Å². The maximum absolute atomic E-state index is 11.3. The Bertz CT molecular complexity index is 347. The first kappa shape index (κ1) is 23.6. The molecule has 0 heterocycles. The van der Waals surface area contributed by atoms with Crippen LogP contribution in [0.25, 0.3) is 0 Å². The third-order valence-corrected chi connectivity index (χ3v) is 4.25. The van der Waals surface area contributed by atoms with Crippen molar-refractivity contribution in [3.63, 3.8) is 0 Å². The van der Waals surface area contributed by atoms with Gasteiger partial charge in [-0.05, 0) is 6.42 Å². The van der Waals surface area contributed by atoms with Crippen molar-refractivity contribution in [1.29, 1.82) is 0 Å². The topological polar surface area (TPSA) is 86.5 Å². The first-order valence-electron chi connectivity index (χ1n) is 7.67. The van der Waals surface area contributed by atoms with Gasteiger partial charge in [-0.15, -0.1) is 0 Å². The van der Waals surface area contributed by atoms with Crippen LogP contribution < -0.4 is 5.73 Å². The molecule has 0 saturated heterocycles. The van der Waals surface area contributed by atoms with Crippen molar-refractivity contribution >= 4 is 45.6 Å². The van der Waals surface area contributed by atoms with E-state index in [0.717, 1.165) is 12.8 Å². The summed E-state index contributed by atoms with van der Waals surface area (Å²) in [6, 6.07) is 0. The molecule has 0 aromatic rings. The molecule has 0 saturated carbocycles. The van der Waals surface area contributed by atoms with Crippen LogP contribution in [0.1, 0.15) is 71.1 Å². The van der Waals surface area contributed by atoms with E-state index in [0.29, 0.717) is 6.42 Å². The SMILES string of the molecule is CCCCCCCCCCCC(=O)OS(=O)(=O)CCN.[Na]. The molecule has 121 valence electrons. The minimum absolute atomic E-state index is 0. The summed E-state index contributed by atoms with van der Waals surface area (Å²) in [4.78, 5) is 11.3. The Hall–Kier alpha value is 0.380. The average Bonchev–Trinajstić information content (AvgIpc) is 2.36. The number of hydrogen-bond acceptors (Lipinski definition) is 5. The van der Waals surface area contributed by atoms with E-state index < -0.39 is 16.1 Å². The summed E-state index contributed by atoms with van der Waals surface area (Å²) in [6.07, 6.45) is 10.5. The van der Waals surface area contributed by atoms with Gasteiger partial charge in [-0.25, -0.2) is 0 Å². The molecule has 0 fully saturated rings. The molecular formula is C14H29NNaO4S. The Morgan fingerprint density at radius 2 is 1.43 bits per heavy atom. The molecule has 0 aliphatic carbocycles. The number of carbonyl (C=O) groups excluding carboxylic acids is 1. The molecule has 0 bridgehead atoms. The van der Waals surface area contributed by atoms with Crippen molar-refractivity contribution < 1.29 is 17.4 Å². The Morgan fingerprint density at radius 1 is 0.952 bits per heavy atom. The molecule has 1 radical (unpaired) electrons. The van der Waals surface area contributed by atoms with Crippen LogP contribution in [-0.2, 0) is 19.1 Å². The van der Waals surface area contributed by atoms with Gasteiger partial charge < -0.3 is 9.92 Å². The summed E-state index contributed by atoms with van der Waals surface area (Å²) in [7, 11) is -3.77. The molecule has 0 unspecified atom stereocenters. The zero-order valence-electron chi connectivity index (χ0n) is 13.6. The van der Waals surface area contributed by atoms with Gasteiger partial charge in [-0.3, -0.25) is 4.79 Å². The van der Waals surface area contributed by atoms with Crippen molar-refractivity contribution in [1.82, 2.24) is 0 Å². The second-order valence-electron chi connectivity index (χ2n) is 5.08. The van der Waals surface area contributed by atoms with Crippen molar-refractivity contribution in [3.05, 3.63) is 0 Å². The van der Waals surface area contributed by atoms with E-state index in [9.17, 15) is 13.2 Å². The predicted octanol–water partition coefficient (Wildman–Crippen LogP) is 2.36. The quantitative estimate of drug-likeness (QED) is 0.318. The third-order valence-electron chi connectivity index (χ3n) is 3.07. The predicted molar refractivity (Wildman–Crippen MR) is 86.5 cm³/mol. The first-order valence-corrected chi connectivity index (χ1v) is 9.24. The van der Waals surface area contributed by atoms with Crippen LogP contribution in [0, 0.1) is 0 Å². The fourth-order valence-electron chi connectivity index (χ4n) is 1.95. The largest absolute Gasteiger partial charge is 0.346 e. The van der Waals surface area contributed by atoms with Crippen molar-refractivity contribution in [2.75, 3.05) is 12.3 Å². The minimum Gasteiger partial charge on any atom is -0.346 e. The monoisotopic (exact) mass is 330 g/mol. The van der Waals surface area contributed by atoms with E-state index >= 15 is 0 Å². The second-order valence-corrected chi connectivity index (χ2v) is 6.77. The molecule has 0 rings (SSSR count). The van der Waals surface area contributed by atoms with Crippen LogP contribution in [0.2, 0.25) is 0 Å². The molecule has 0 aromatic carbocycles. The summed E-state index contributed by atoms with van der Waals surface area (Å²) in [5.41, 5.74) is 5.12. The second kappa shape index (κ2) is 15.3. The van der Waals surface area contributed by atoms with E-state index in [4.69, 9.17) is 5.73 Å². The smallest absolute Gasteiger partial charge is 0.322 e. The summed E-state index contributed by atoms with van der Waals surface area (Å²) >= 11 is 0. The van der Waals surface area contributed by atoms with Gasteiger partial charge in [0.05, 0.1) is 5.75 Å². The van der Waals surface area contributed by atoms with Gasteiger partial charge in [0.2, 0.25) is 0 Å². The average molecular weight is 330 g/mol. The van der Waals surface area contributed by atoms with E-state index in [-0.39, 0.29) is 48.3 Å². The van der Waals surface area contributed by atoms with Crippen LogP contribution >= 0.6 is 0 Å². The van der Waals surface area contributed by atoms with Crippen molar-refractivity contribution in [3.8, 4) is 0 Å². The van der Waals surface area contributed by atoms with Gasteiger partial charge in [0.15, 0.2) is 0 Å². The Morgan fingerprint density at radius 3 is 1.90 bits per heavy atom. The fourth-order valence-corrected chi connectivity index (χ4v) is 2.69. The molecule has 0 spiro atoms. The molecule has 2 N–H and O–H groups in total. The van der Waals surface area contributed by atoms with E-state index in [1.54, 1.807) is 0 Å². The molecule has 0 aromatic heterocycles. The van der Waals surface area contributed by atoms with Crippen molar-refractivity contribution in [2.45, 2.75) is 71.1 Å². The standard InChI is InChI=1S/C14H29NO4S.Na/c1-2-3-4-5-6-7-8-9-10-11-14(16)19-20(17,18)13-12-15;/h2-13,15H2,1H3;. The minimum atomic E-state index is -3.77. The number of nitrogens with two attached hydrogens (primary N) is 1. The van der Waals surface area contributed by atoms with Gasteiger partial charge in [-0.2, -0.15) is 8.42 Å². The molecule has 7 heteroatoms. The van der Waals surface area contributed by atoms with Gasteiger partial charge >= 0.3 is 16.1 Å². The van der Waals surface area contributed by atoms with Crippen molar-refractivity contribution in [2.24, 2.45) is 5.73 Å². The maximum Gasteiger partial charge on any atom is 0.322 e. The van der Waals surface area contributed by atoms with Crippen LogP contribution in [0.4, 0.5) is 0 Å². The number of hydrogen-bond donors (Lipinski definition) is 1. The fraction of sp³-hybridized carbons (Fsp3) is 0.929. The van der Waals surface area contributed by atoms with Gasteiger partial charge in [0.25, 0.3) is 0 Å². The molecular weight excluding hydrogens is 301 g/mol. The number of unbranched alkanes of at least 4 members (excludes halogenated alkanes) is 8. The maximum atomic E-state index is 11.3. The van der Waals surface area contributed by atoms with Gasteiger partial charge in [0, 0.05) is 42.5 Å². The molecule has 0 atom stereocenters. The Labute approximate surface area is 151 Å². The molecule has 21 heavy (non-hydrogen) atoms. The van der Waals surface area contributed by atoms with Crippen LogP contribution in [0.15, 0.2) is 0 Å². The molecule has 0 aliphatic heterocycles. The van der Waals surface area contributed by atoms with Crippen LogP contribution in [0.3, 0.4) is 0 Å². The van der Waals surface area contributed by atoms with Crippen LogP contribution in [-0.4, -0.2) is 56.2 Å². The summed E-state index contributed by atoms with van der Waals surface area (Å²) < 4.78 is 26.8. The molecule has 0 amide bonds. The van der Waals surface area contributed by atoms with E-state index in [1.165, 1.54) is 38.5 Å². The first-order chi connectivity index (χ1) is 9.52. The van der Waals surface area contributed by atoms with Crippen LogP contribution in [0.5, 0.6) is 0 Å². The van der Waals surface area contributed by atoms with E-state index in [2.05, 4.69) is 11.1 Å². The molecule has 5 nitrogen and oxygen atoms in total. The molecule has 0 aliphatic rings. The summed E-state index contributed by atoms with van der Waals surface area (Å²) in [5.74, 6) is -0.974. The number of carbonyl (C=O) groups is 1. The zero-order chi connectivity index (χ0) is 15.3. The Kier molecular flexibility index (Phi) is 17.2.